The molecule has 5 heteroatoms. The van der Waals surface area contributed by atoms with E-state index in [0.717, 1.165) is 0 Å². The van der Waals surface area contributed by atoms with Crippen molar-refractivity contribution in [1.29, 1.82) is 0 Å². The van der Waals surface area contributed by atoms with Crippen LogP contribution in [0.25, 0.3) is 0 Å². The maximum atomic E-state index is 11.0. The van der Waals surface area contributed by atoms with Crippen molar-refractivity contribution in [1.82, 2.24) is 0 Å². The second kappa shape index (κ2) is 5.77. The number of ether oxygens (including phenoxy) is 1. The van der Waals surface area contributed by atoms with E-state index in [4.69, 9.17) is 11.6 Å². The van der Waals surface area contributed by atoms with Gasteiger partial charge in [0.05, 0.1) is 0 Å². The largest absolute Gasteiger partial charge is 0.459 e. The smallest absolute Gasteiger partial charge is 0.348 e. The van der Waals surface area contributed by atoms with Crippen LogP contribution in [0.4, 0.5) is 0 Å². The van der Waals surface area contributed by atoms with E-state index in [1.54, 1.807) is 22.6 Å². The van der Waals surface area contributed by atoms with Crippen LogP contribution >= 0.6 is 34.2 Å². The van der Waals surface area contributed by atoms with Gasteiger partial charge in [-0.1, -0.05) is 12.7 Å². The summed E-state index contributed by atoms with van der Waals surface area (Å²) in [6, 6.07) is 0. The van der Waals surface area contributed by atoms with Crippen molar-refractivity contribution in [2.24, 2.45) is 0 Å². The Balaban J connectivity index is 3.96. The topological polar surface area (TPSA) is 46.5 Å². The van der Waals surface area contributed by atoms with Gasteiger partial charge in [-0.2, -0.15) is 0 Å². The summed E-state index contributed by atoms with van der Waals surface area (Å²) >= 11 is 6.98. The van der Waals surface area contributed by atoms with Crippen molar-refractivity contribution in [2.45, 2.75) is 10.0 Å². The van der Waals surface area contributed by atoms with E-state index in [1.165, 1.54) is 6.08 Å². The normalized spacial score (nSPS) is 14.9. The Morgan fingerprint density at radius 3 is 2.83 bits per heavy atom. The van der Waals surface area contributed by atoms with Crippen LogP contribution in [0.2, 0.25) is 0 Å². The molecule has 0 radical (unpaired) electrons. The predicted octanol–water partition coefficient (Wildman–Crippen LogP) is 1.47. The monoisotopic (exact) mass is 304 g/mol. The van der Waals surface area contributed by atoms with Crippen molar-refractivity contribution < 1.29 is 14.6 Å². The number of carbonyl (C=O) groups excluding carboxylic acids is 1. The molecule has 0 aliphatic rings. The van der Waals surface area contributed by atoms with Crippen LogP contribution in [-0.2, 0) is 9.53 Å². The molecule has 0 fully saturated rings. The van der Waals surface area contributed by atoms with Crippen LogP contribution in [-0.4, -0.2) is 27.2 Å². The lowest BCUT2D eigenvalue weighted by molar-refractivity contribution is -0.153. The molecule has 0 aromatic heterocycles. The summed E-state index contributed by atoms with van der Waals surface area (Å²) in [6.45, 7) is 3.48. The zero-order valence-corrected chi connectivity index (χ0v) is 9.34. The number of rotatable bonds is 5. The van der Waals surface area contributed by atoms with Crippen LogP contribution in [0.15, 0.2) is 12.7 Å². The number of aliphatic hydroxyl groups is 1. The highest BCUT2D eigenvalue weighted by Gasteiger charge is 2.33. The van der Waals surface area contributed by atoms with E-state index >= 15 is 0 Å². The Morgan fingerprint density at radius 1 is 1.83 bits per heavy atom. The molecule has 0 saturated carbocycles. The zero-order chi connectivity index (χ0) is 9.61. The number of hydrogen-bond acceptors (Lipinski definition) is 3. The first-order valence-corrected chi connectivity index (χ1v) is 4.91. The van der Waals surface area contributed by atoms with E-state index in [9.17, 15) is 9.90 Å². The minimum Gasteiger partial charge on any atom is -0.459 e. The molecule has 0 heterocycles. The first kappa shape index (κ1) is 12.2. The van der Waals surface area contributed by atoms with Gasteiger partial charge in [-0.25, -0.2) is 4.79 Å². The number of carbonyl (C=O) groups is 1. The summed E-state index contributed by atoms with van der Waals surface area (Å²) in [5.74, 6) is -0.466. The summed E-state index contributed by atoms with van der Waals surface area (Å²) in [4.78, 5) is 11.0. The molecule has 0 rings (SSSR count). The van der Waals surface area contributed by atoms with Gasteiger partial charge in [-0.05, 0) is 22.6 Å². The Bertz CT molecular complexity index is 170. The third-order valence-corrected chi connectivity index (χ3v) is 2.24. The molecule has 1 N–H and O–H groups in total. The molecule has 1 atom stereocenters. The van der Waals surface area contributed by atoms with Gasteiger partial charge in [0, 0.05) is 12.3 Å². The van der Waals surface area contributed by atoms with Gasteiger partial charge in [-0.15, -0.1) is 11.6 Å². The Morgan fingerprint density at radius 2 is 2.42 bits per heavy atom. The number of halogens is 2. The first-order valence-electron chi connectivity index (χ1n) is 3.30. The lowest BCUT2D eigenvalue weighted by Gasteiger charge is -2.17. The molecule has 0 aromatic carbocycles. The Kier molecular flexibility index (Phi) is 5.86. The van der Waals surface area contributed by atoms with Gasteiger partial charge >= 0.3 is 5.97 Å². The van der Waals surface area contributed by atoms with Gasteiger partial charge in [0.1, 0.15) is 6.61 Å². The second-order valence-corrected chi connectivity index (χ2v) is 4.25. The van der Waals surface area contributed by atoms with Crippen molar-refractivity contribution >= 4 is 40.2 Å². The van der Waals surface area contributed by atoms with Gasteiger partial charge in [0.15, 0.2) is 0 Å². The fourth-order valence-corrected chi connectivity index (χ4v) is 1.49. The van der Waals surface area contributed by atoms with Crippen molar-refractivity contribution in [2.75, 3.05) is 12.5 Å². The molecule has 3 nitrogen and oxygen atoms in total. The first-order chi connectivity index (χ1) is 5.54. The minimum absolute atomic E-state index is 0.104. The highest BCUT2D eigenvalue weighted by Crippen LogP contribution is 2.21. The fourth-order valence-electron chi connectivity index (χ4n) is 0.472. The molecule has 0 aliphatic heterocycles. The van der Waals surface area contributed by atoms with E-state index in [0.29, 0.717) is 0 Å². The molecule has 0 aromatic rings. The quantitative estimate of drug-likeness (QED) is 0.362. The summed E-state index contributed by atoms with van der Waals surface area (Å²) in [5, 5.41) is 9.40. The van der Waals surface area contributed by atoms with Crippen LogP contribution in [0.1, 0.15) is 6.42 Å². The van der Waals surface area contributed by atoms with Crippen molar-refractivity contribution in [3.05, 3.63) is 12.7 Å². The van der Waals surface area contributed by atoms with E-state index < -0.39 is 9.58 Å². The summed E-state index contributed by atoms with van der Waals surface area (Å²) in [5.41, 5.74) is 0. The van der Waals surface area contributed by atoms with Crippen molar-refractivity contribution in [3.63, 3.8) is 0 Å². The molecule has 1 unspecified atom stereocenters. The van der Waals surface area contributed by atoms with Crippen LogP contribution in [0.3, 0.4) is 0 Å². The maximum absolute atomic E-state index is 11.0. The molecular weight excluding hydrogens is 294 g/mol. The highest BCUT2D eigenvalue weighted by molar-refractivity contribution is 14.1. The average Bonchev–Trinajstić information content (AvgIpc) is 2.00. The molecule has 0 aliphatic carbocycles. The summed E-state index contributed by atoms with van der Waals surface area (Å²) in [7, 11) is 0. The molecule has 0 amide bonds. The lowest BCUT2D eigenvalue weighted by atomic mass is 10.3. The van der Waals surface area contributed by atoms with Crippen LogP contribution in [0, 0.1) is 0 Å². The third-order valence-electron chi connectivity index (χ3n) is 1.07. The number of hydrogen-bond donors (Lipinski definition) is 1. The van der Waals surface area contributed by atoms with Crippen LogP contribution < -0.4 is 0 Å². The van der Waals surface area contributed by atoms with E-state index in [-0.39, 0.29) is 18.9 Å². The van der Waals surface area contributed by atoms with E-state index in [1.807, 2.05) is 0 Å². The maximum Gasteiger partial charge on any atom is 0.348 e. The SMILES string of the molecule is C=CCOC(=O)C(O)(I)CCCl. The third kappa shape index (κ3) is 4.27. The molecule has 12 heavy (non-hydrogen) atoms. The average molecular weight is 305 g/mol. The molecule has 70 valence electrons. The van der Waals surface area contributed by atoms with Crippen molar-refractivity contribution in [3.8, 4) is 0 Å². The molecular formula is C7H10ClIO3. The van der Waals surface area contributed by atoms with Crippen LogP contribution in [0.5, 0.6) is 0 Å². The van der Waals surface area contributed by atoms with Gasteiger partial charge in [0.25, 0.3) is 0 Å². The summed E-state index contributed by atoms with van der Waals surface area (Å²) in [6.07, 6.45) is 1.61. The zero-order valence-electron chi connectivity index (χ0n) is 6.43. The highest BCUT2D eigenvalue weighted by atomic mass is 127. The van der Waals surface area contributed by atoms with Gasteiger partial charge in [-0.3, -0.25) is 0 Å². The molecule has 0 bridgehead atoms. The Hall–Kier alpha value is 0.190. The predicted molar refractivity (Wildman–Crippen MR) is 55.5 cm³/mol. The molecule has 0 saturated heterocycles. The molecule has 0 spiro atoms. The lowest BCUT2D eigenvalue weighted by Crippen LogP contribution is -2.33. The Labute approximate surface area is 89.9 Å². The number of alkyl halides is 2. The number of esters is 1. The second-order valence-electron chi connectivity index (χ2n) is 2.09. The standard InChI is InChI=1S/C7H10ClIO3/c1-2-5-12-6(10)7(9,11)3-4-8/h2,11H,1,3-5H2. The van der Waals surface area contributed by atoms with E-state index in [2.05, 4.69) is 11.3 Å². The minimum atomic E-state index is -1.51. The van der Waals surface area contributed by atoms with Gasteiger partial charge in [0.2, 0.25) is 3.61 Å². The van der Waals surface area contributed by atoms with Gasteiger partial charge < -0.3 is 9.84 Å². The summed E-state index contributed by atoms with van der Waals surface area (Å²) < 4.78 is 3.12. The fraction of sp³-hybridized carbons (Fsp3) is 0.571.